The molecule has 1 N–H and O–H groups in total. The quantitative estimate of drug-likeness (QED) is 0.806. The van der Waals surface area contributed by atoms with E-state index in [4.69, 9.17) is 0 Å². The Morgan fingerprint density at radius 1 is 1.39 bits per heavy atom. The second kappa shape index (κ2) is 6.25. The molecule has 0 amide bonds. The number of nitrogens with zero attached hydrogens (tertiary/aromatic N) is 3. The molecule has 2 aromatic rings. The number of ether oxygens (including phenoxy) is 1. The minimum atomic E-state index is -3.91. The molecule has 2 rings (SSSR count). The summed E-state index contributed by atoms with van der Waals surface area (Å²) in [6.45, 7) is 5.24. The summed E-state index contributed by atoms with van der Waals surface area (Å²) in [5.41, 5.74) is 1.27. The van der Waals surface area contributed by atoms with E-state index in [0.717, 1.165) is 0 Å². The zero-order chi connectivity index (χ0) is 17.4. The maximum atomic E-state index is 12.5. The van der Waals surface area contributed by atoms with Crippen LogP contribution in [0.3, 0.4) is 0 Å². The van der Waals surface area contributed by atoms with Crippen LogP contribution in [0.25, 0.3) is 11.0 Å². The number of rotatable bonds is 5. The summed E-state index contributed by atoms with van der Waals surface area (Å²) in [5, 5.41) is 4.86. The highest BCUT2D eigenvalue weighted by Gasteiger charge is 2.29. The molecule has 0 bridgehead atoms. The predicted octanol–water partition coefficient (Wildman–Crippen LogP) is 0.753. The molecule has 1 atom stereocenters. The Morgan fingerprint density at radius 2 is 2.04 bits per heavy atom. The molecule has 0 aliphatic carbocycles. The van der Waals surface area contributed by atoms with Crippen molar-refractivity contribution in [1.82, 2.24) is 19.5 Å². The molecular weight excluding hydrogens is 320 g/mol. The number of pyridine rings is 1. The van der Waals surface area contributed by atoms with Crippen LogP contribution in [-0.2, 0) is 26.6 Å². The van der Waals surface area contributed by atoms with Crippen LogP contribution in [-0.4, -0.2) is 42.3 Å². The molecule has 0 fully saturated rings. The number of nitrogens with one attached hydrogen (secondary N) is 1. The molecule has 0 radical (unpaired) electrons. The molecule has 2 heterocycles. The normalized spacial score (nSPS) is 13.5. The summed E-state index contributed by atoms with van der Waals surface area (Å²) in [6, 6.07) is 0.539. The van der Waals surface area contributed by atoms with Gasteiger partial charge in [0.2, 0.25) is 10.0 Å². The maximum Gasteiger partial charge on any atom is 0.324 e. The van der Waals surface area contributed by atoms with Crippen molar-refractivity contribution in [1.29, 1.82) is 0 Å². The number of hydrogen-bond donors (Lipinski definition) is 1. The highest BCUT2D eigenvalue weighted by Crippen LogP contribution is 2.20. The smallest absolute Gasteiger partial charge is 0.324 e. The molecular formula is C14H20N4O4S. The van der Waals surface area contributed by atoms with E-state index in [-0.39, 0.29) is 10.8 Å². The number of methoxy groups -OCH3 is 1. The Balaban J connectivity index is 2.43. The fraction of sp³-hybridized carbons (Fsp3) is 0.500. The van der Waals surface area contributed by atoms with E-state index in [1.54, 1.807) is 32.5 Å². The first-order valence-corrected chi connectivity index (χ1v) is 8.55. The first-order chi connectivity index (χ1) is 10.7. The van der Waals surface area contributed by atoms with Gasteiger partial charge in [0.1, 0.15) is 10.9 Å². The molecule has 0 saturated carbocycles. The second-order valence-corrected chi connectivity index (χ2v) is 7.33. The van der Waals surface area contributed by atoms with Crippen LogP contribution in [0.5, 0.6) is 0 Å². The molecule has 8 nitrogen and oxygen atoms in total. The molecule has 2 aromatic heterocycles. The number of carbonyl (C=O) groups is 1. The van der Waals surface area contributed by atoms with Gasteiger partial charge in [0, 0.05) is 18.6 Å². The third kappa shape index (κ3) is 3.35. The molecule has 126 valence electrons. The predicted molar refractivity (Wildman–Crippen MR) is 84.2 cm³/mol. The minimum absolute atomic E-state index is 0.0179. The molecule has 0 aliphatic heterocycles. The molecule has 23 heavy (non-hydrogen) atoms. The average Bonchev–Trinajstić information content (AvgIpc) is 2.78. The van der Waals surface area contributed by atoms with Gasteiger partial charge >= 0.3 is 5.97 Å². The van der Waals surface area contributed by atoms with E-state index >= 15 is 0 Å². The molecule has 0 unspecified atom stereocenters. The van der Waals surface area contributed by atoms with Crippen LogP contribution in [0, 0.1) is 12.8 Å². The lowest BCUT2D eigenvalue weighted by Crippen LogP contribution is -2.44. The van der Waals surface area contributed by atoms with Crippen LogP contribution in [0.15, 0.2) is 17.2 Å². The van der Waals surface area contributed by atoms with Gasteiger partial charge in [0.15, 0.2) is 5.65 Å². The lowest BCUT2D eigenvalue weighted by Gasteiger charge is -2.19. The monoisotopic (exact) mass is 340 g/mol. The first-order valence-electron chi connectivity index (χ1n) is 7.07. The number of fused-ring (bicyclic) bond motifs is 1. The largest absolute Gasteiger partial charge is 0.468 e. The van der Waals surface area contributed by atoms with Gasteiger partial charge < -0.3 is 4.74 Å². The van der Waals surface area contributed by atoms with Crippen LogP contribution >= 0.6 is 0 Å². The summed E-state index contributed by atoms with van der Waals surface area (Å²) in [4.78, 5) is 15.9. The third-order valence-corrected chi connectivity index (χ3v) is 4.96. The number of aromatic nitrogens is 3. The van der Waals surface area contributed by atoms with Crippen molar-refractivity contribution >= 4 is 27.0 Å². The lowest BCUT2D eigenvalue weighted by atomic mass is 10.1. The van der Waals surface area contributed by atoms with Crippen LogP contribution in [0.1, 0.15) is 19.5 Å². The van der Waals surface area contributed by atoms with Crippen LogP contribution < -0.4 is 4.72 Å². The Kier molecular flexibility index (Phi) is 4.71. The maximum absolute atomic E-state index is 12.5. The van der Waals surface area contributed by atoms with Crippen LogP contribution in [0.2, 0.25) is 0 Å². The lowest BCUT2D eigenvalue weighted by molar-refractivity contribution is -0.143. The summed E-state index contributed by atoms with van der Waals surface area (Å²) in [7, 11) is -0.951. The SMILES string of the molecule is COC(=O)[C@@H](NS(=O)(=O)c1cnc2c(c1)c(C)nn2C)C(C)C. The van der Waals surface area contributed by atoms with Crippen molar-refractivity contribution < 1.29 is 17.9 Å². The van der Waals surface area contributed by atoms with Gasteiger partial charge in [-0.15, -0.1) is 0 Å². The van der Waals surface area contributed by atoms with Crippen molar-refractivity contribution in [3.63, 3.8) is 0 Å². The van der Waals surface area contributed by atoms with Crippen LogP contribution in [0.4, 0.5) is 0 Å². The van der Waals surface area contributed by atoms with Crippen molar-refractivity contribution in [2.24, 2.45) is 13.0 Å². The van der Waals surface area contributed by atoms with Gasteiger partial charge in [0.05, 0.1) is 12.8 Å². The molecule has 0 spiro atoms. The molecule has 9 heteroatoms. The van der Waals surface area contributed by atoms with Gasteiger partial charge in [0.25, 0.3) is 0 Å². The van der Waals surface area contributed by atoms with Gasteiger partial charge in [-0.2, -0.15) is 9.82 Å². The number of esters is 1. The van der Waals surface area contributed by atoms with Gasteiger partial charge in [-0.3, -0.25) is 9.48 Å². The van der Waals surface area contributed by atoms with E-state index < -0.39 is 22.0 Å². The highest BCUT2D eigenvalue weighted by atomic mass is 32.2. The Hall–Kier alpha value is -2.00. The molecule has 0 aromatic carbocycles. The summed E-state index contributed by atoms with van der Waals surface area (Å²) < 4.78 is 33.7. The molecule has 0 aliphatic rings. The zero-order valence-electron chi connectivity index (χ0n) is 13.7. The Morgan fingerprint density at radius 3 is 2.61 bits per heavy atom. The zero-order valence-corrected chi connectivity index (χ0v) is 14.5. The van der Waals surface area contributed by atoms with E-state index in [1.807, 2.05) is 0 Å². The second-order valence-electron chi connectivity index (χ2n) is 5.62. The van der Waals surface area contributed by atoms with Crippen molar-refractivity contribution in [3.05, 3.63) is 18.0 Å². The fourth-order valence-corrected chi connectivity index (χ4v) is 3.56. The van der Waals surface area contributed by atoms with Gasteiger partial charge in [-0.25, -0.2) is 13.4 Å². The van der Waals surface area contributed by atoms with Gasteiger partial charge in [-0.1, -0.05) is 13.8 Å². The Labute approximate surface area is 134 Å². The van der Waals surface area contributed by atoms with Crippen molar-refractivity contribution in [2.75, 3.05) is 7.11 Å². The molecule has 0 saturated heterocycles. The van der Waals surface area contributed by atoms with E-state index in [1.165, 1.54) is 19.4 Å². The fourth-order valence-electron chi connectivity index (χ4n) is 2.25. The van der Waals surface area contributed by atoms with E-state index in [0.29, 0.717) is 16.7 Å². The third-order valence-electron chi connectivity index (χ3n) is 3.55. The highest BCUT2D eigenvalue weighted by molar-refractivity contribution is 7.89. The summed E-state index contributed by atoms with van der Waals surface area (Å²) in [6.07, 6.45) is 1.25. The Bertz CT molecular complexity index is 842. The number of hydrogen-bond acceptors (Lipinski definition) is 6. The summed E-state index contributed by atoms with van der Waals surface area (Å²) >= 11 is 0. The van der Waals surface area contributed by atoms with Crippen molar-refractivity contribution in [3.8, 4) is 0 Å². The van der Waals surface area contributed by atoms with E-state index in [9.17, 15) is 13.2 Å². The number of sulfonamides is 1. The van der Waals surface area contributed by atoms with Crippen molar-refractivity contribution in [2.45, 2.75) is 31.7 Å². The van der Waals surface area contributed by atoms with Gasteiger partial charge in [-0.05, 0) is 18.9 Å². The topological polar surface area (TPSA) is 103 Å². The number of aryl methyl sites for hydroxylation is 2. The standard InChI is InChI=1S/C14H20N4O4S/c1-8(2)12(14(19)22-5)17-23(20,21)10-6-11-9(3)16-18(4)13(11)15-7-10/h6-8,12,17H,1-5H3/t12-/m0/s1. The first kappa shape index (κ1) is 17.4. The van der Waals surface area contributed by atoms with E-state index in [2.05, 4.69) is 19.5 Å². The summed E-state index contributed by atoms with van der Waals surface area (Å²) in [5.74, 6) is -0.885. The minimum Gasteiger partial charge on any atom is -0.468 e. The number of carbonyl (C=O) groups excluding carboxylic acids is 1. The average molecular weight is 340 g/mol.